The summed E-state index contributed by atoms with van der Waals surface area (Å²) in [5.41, 5.74) is 6.14. The maximum Gasteiger partial charge on any atom is 0.0817 e. The lowest BCUT2D eigenvalue weighted by Gasteiger charge is -2.28. The summed E-state index contributed by atoms with van der Waals surface area (Å²) in [5, 5.41) is 3.52. The average Bonchev–Trinajstić information content (AvgIpc) is 2.74. The lowest BCUT2D eigenvalue weighted by Crippen LogP contribution is -2.39. The zero-order valence-electron chi connectivity index (χ0n) is 10.2. The largest absolute Gasteiger partial charge is 0.379 e. The third-order valence-corrected chi connectivity index (χ3v) is 3.88. The van der Waals surface area contributed by atoms with Crippen LogP contribution in [0.1, 0.15) is 39.0 Å². The van der Waals surface area contributed by atoms with Crippen LogP contribution in [-0.2, 0) is 4.74 Å². The quantitative estimate of drug-likeness (QED) is 0.675. The smallest absolute Gasteiger partial charge is 0.0817 e. The van der Waals surface area contributed by atoms with Crippen LogP contribution in [0.5, 0.6) is 0 Å². The van der Waals surface area contributed by atoms with E-state index in [1.165, 1.54) is 32.1 Å². The molecule has 0 aromatic carbocycles. The van der Waals surface area contributed by atoms with Crippen LogP contribution in [0.2, 0.25) is 0 Å². The predicted octanol–water partition coefficient (Wildman–Crippen LogP) is 1.52. The molecule has 15 heavy (non-hydrogen) atoms. The third-order valence-electron chi connectivity index (χ3n) is 3.88. The van der Waals surface area contributed by atoms with Crippen LogP contribution in [0.15, 0.2) is 0 Å². The summed E-state index contributed by atoms with van der Waals surface area (Å²) < 4.78 is 5.24. The van der Waals surface area contributed by atoms with Gasteiger partial charge in [-0.15, -0.1) is 0 Å². The molecular weight excluding hydrogens is 188 g/mol. The van der Waals surface area contributed by atoms with E-state index in [0.717, 1.165) is 13.1 Å². The van der Waals surface area contributed by atoms with E-state index in [-0.39, 0.29) is 6.10 Å². The summed E-state index contributed by atoms with van der Waals surface area (Å²) in [4.78, 5) is 0. The minimum Gasteiger partial charge on any atom is -0.379 e. The molecule has 3 nitrogen and oxygen atoms in total. The van der Waals surface area contributed by atoms with Gasteiger partial charge in [0.2, 0.25) is 0 Å². The van der Waals surface area contributed by atoms with Crippen molar-refractivity contribution in [1.29, 1.82) is 0 Å². The van der Waals surface area contributed by atoms with Crippen molar-refractivity contribution in [1.82, 2.24) is 5.32 Å². The number of methoxy groups -OCH3 is 1. The van der Waals surface area contributed by atoms with Gasteiger partial charge in [0.15, 0.2) is 0 Å². The van der Waals surface area contributed by atoms with Crippen molar-refractivity contribution in [2.45, 2.75) is 45.1 Å². The van der Waals surface area contributed by atoms with Crippen LogP contribution < -0.4 is 11.1 Å². The van der Waals surface area contributed by atoms with Crippen molar-refractivity contribution in [3.05, 3.63) is 0 Å². The van der Waals surface area contributed by atoms with E-state index in [4.69, 9.17) is 10.5 Å². The maximum atomic E-state index is 5.58. The van der Waals surface area contributed by atoms with Crippen molar-refractivity contribution in [3.8, 4) is 0 Å². The normalized spacial score (nSPS) is 21.8. The Morgan fingerprint density at radius 2 is 2.07 bits per heavy atom. The first-order chi connectivity index (χ1) is 7.26. The predicted molar refractivity (Wildman–Crippen MR) is 63.9 cm³/mol. The third kappa shape index (κ3) is 3.74. The van der Waals surface area contributed by atoms with Crippen LogP contribution in [0.3, 0.4) is 0 Å². The summed E-state index contributed by atoms with van der Waals surface area (Å²) >= 11 is 0. The Kier molecular flexibility index (Phi) is 5.58. The molecule has 0 bridgehead atoms. The van der Waals surface area contributed by atoms with Crippen molar-refractivity contribution < 1.29 is 4.74 Å². The molecular formula is C12H26N2O. The highest BCUT2D eigenvalue weighted by Crippen LogP contribution is 2.40. The van der Waals surface area contributed by atoms with Crippen LogP contribution in [0.4, 0.5) is 0 Å². The Balaban J connectivity index is 2.22. The molecule has 0 amide bonds. The van der Waals surface area contributed by atoms with E-state index in [1.807, 2.05) is 0 Å². The topological polar surface area (TPSA) is 47.3 Å². The molecule has 3 heteroatoms. The Morgan fingerprint density at radius 3 is 2.53 bits per heavy atom. The number of hydrogen-bond donors (Lipinski definition) is 2. The van der Waals surface area contributed by atoms with E-state index in [2.05, 4.69) is 12.2 Å². The molecule has 0 spiro atoms. The first-order valence-corrected chi connectivity index (χ1v) is 6.20. The van der Waals surface area contributed by atoms with Crippen molar-refractivity contribution in [2.24, 2.45) is 11.1 Å². The molecule has 1 unspecified atom stereocenters. The van der Waals surface area contributed by atoms with Gasteiger partial charge in [-0.1, -0.05) is 19.8 Å². The number of rotatable bonds is 7. The van der Waals surface area contributed by atoms with Gasteiger partial charge in [0.1, 0.15) is 0 Å². The molecule has 0 heterocycles. The van der Waals surface area contributed by atoms with Gasteiger partial charge in [0.05, 0.1) is 6.10 Å². The molecule has 1 aliphatic rings. The summed E-state index contributed by atoms with van der Waals surface area (Å²) in [5.74, 6) is 0. The average molecular weight is 214 g/mol. The number of ether oxygens (including phenoxy) is 1. The van der Waals surface area contributed by atoms with E-state index < -0.39 is 0 Å². The molecule has 1 saturated carbocycles. The maximum absolute atomic E-state index is 5.58. The van der Waals surface area contributed by atoms with E-state index in [0.29, 0.717) is 12.0 Å². The highest BCUT2D eigenvalue weighted by molar-refractivity contribution is 4.85. The number of hydrogen-bond acceptors (Lipinski definition) is 3. The second kappa shape index (κ2) is 6.46. The Bertz CT molecular complexity index is 163. The molecule has 1 fully saturated rings. The van der Waals surface area contributed by atoms with Gasteiger partial charge in [-0.25, -0.2) is 0 Å². The standard InChI is InChI=1S/C12H26N2O/c1-3-12(6-4-5-7-12)10-14-9-11(8-13)15-2/h11,14H,3-10,13H2,1-2H3. The summed E-state index contributed by atoms with van der Waals surface area (Å²) in [6, 6.07) is 0. The van der Waals surface area contributed by atoms with Gasteiger partial charge in [-0.05, 0) is 24.7 Å². The zero-order chi connectivity index (χ0) is 11.1. The van der Waals surface area contributed by atoms with Gasteiger partial charge in [0, 0.05) is 26.7 Å². The second-order valence-electron chi connectivity index (χ2n) is 4.78. The van der Waals surface area contributed by atoms with Crippen LogP contribution in [0, 0.1) is 5.41 Å². The first-order valence-electron chi connectivity index (χ1n) is 6.20. The summed E-state index contributed by atoms with van der Waals surface area (Å²) in [6.07, 6.45) is 7.04. The SMILES string of the molecule is CCC1(CNCC(CN)OC)CCCC1. The van der Waals surface area contributed by atoms with E-state index in [9.17, 15) is 0 Å². The molecule has 90 valence electrons. The minimum absolute atomic E-state index is 0.167. The van der Waals surface area contributed by atoms with Crippen LogP contribution >= 0.6 is 0 Å². The first kappa shape index (κ1) is 12.9. The highest BCUT2D eigenvalue weighted by Gasteiger charge is 2.31. The van der Waals surface area contributed by atoms with Gasteiger partial charge in [0.25, 0.3) is 0 Å². The Morgan fingerprint density at radius 1 is 1.40 bits per heavy atom. The molecule has 3 N–H and O–H groups in total. The van der Waals surface area contributed by atoms with Crippen LogP contribution in [0.25, 0.3) is 0 Å². The molecule has 1 rings (SSSR count). The van der Waals surface area contributed by atoms with Gasteiger partial charge < -0.3 is 15.8 Å². The highest BCUT2D eigenvalue weighted by atomic mass is 16.5. The summed E-state index contributed by atoms with van der Waals surface area (Å²) in [7, 11) is 1.73. The lowest BCUT2D eigenvalue weighted by molar-refractivity contribution is 0.104. The van der Waals surface area contributed by atoms with Gasteiger partial charge in [-0.3, -0.25) is 0 Å². The van der Waals surface area contributed by atoms with Gasteiger partial charge >= 0.3 is 0 Å². The lowest BCUT2D eigenvalue weighted by atomic mass is 9.83. The van der Waals surface area contributed by atoms with Crippen molar-refractivity contribution in [2.75, 3.05) is 26.7 Å². The minimum atomic E-state index is 0.167. The molecule has 1 atom stereocenters. The molecule has 0 aliphatic heterocycles. The van der Waals surface area contributed by atoms with Gasteiger partial charge in [-0.2, -0.15) is 0 Å². The Hall–Kier alpha value is -0.120. The monoisotopic (exact) mass is 214 g/mol. The van der Waals surface area contributed by atoms with Crippen molar-refractivity contribution in [3.63, 3.8) is 0 Å². The fraction of sp³-hybridized carbons (Fsp3) is 1.00. The molecule has 1 aliphatic carbocycles. The van der Waals surface area contributed by atoms with Crippen molar-refractivity contribution >= 4 is 0 Å². The number of nitrogens with one attached hydrogen (secondary N) is 1. The zero-order valence-corrected chi connectivity index (χ0v) is 10.2. The summed E-state index contributed by atoms with van der Waals surface area (Å²) in [6.45, 7) is 4.92. The Labute approximate surface area is 93.8 Å². The molecule has 0 radical (unpaired) electrons. The fourth-order valence-electron chi connectivity index (χ4n) is 2.54. The molecule has 0 aromatic rings. The number of nitrogens with two attached hydrogens (primary N) is 1. The van der Waals surface area contributed by atoms with Crippen LogP contribution in [-0.4, -0.2) is 32.8 Å². The molecule has 0 aromatic heterocycles. The van der Waals surface area contributed by atoms with E-state index in [1.54, 1.807) is 7.11 Å². The molecule has 0 saturated heterocycles. The second-order valence-corrected chi connectivity index (χ2v) is 4.78. The fourth-order valence-corrected chi connectivity index (χ4v) is 2.54. The van der Waals surface area contributed by atoms with E-state index >= 15 is 0 Å².